The van der Waals surface area contributed by atoms with Crippen molar-refractivity contribution >= 4 is 17.3 Å². The molecular weight excluding hydrogens is 378 g/mol. The maximum absolute atomic E-state index is 12.6. The molecule has 30 heavy (non-hydrogen) atoms. The molecule has 1 aromatic heterocycles. The molecule has 7 heteroatoms. The van der Waals surface area contributed by atoms with Crippen LogP contribution in [-0.4, -0.2) is 47.9 Å². The Morgan fingerprint density at radius 3 is 2.80 bits per heavy atom. The van der Waals surface area contributed by atoms with Gasteiger partial charge in [-0.2, -0.15) is 0 Å². The summed E-state index contributed by atoms with van der Waals surface area (Å²) >= 11 is 0. The van der Waals surface area contributed by atoms with E-state index in [4.69, 9.17) is 11.6 Å². The van der Waals surface area contributed by atoms with Gasteiger partial charge in [0, 0.05) is 42.8 Å². The zero-order valence-electron chi connectivity index (χ0n) is 17.2. The summed E-state index contributed by atoms with van der Waals surface area (Å²) in [6, 6.07) is 5.92. The Hall–Kier alpha value is -2.85. The molecule has 0 bridgehead atoms. The number of nitrogens with one attached hydrogen (secondary N) is 1. The van der Waals surface area contributed by atoms with Gasteiger partial charge in [0.15, 0.2) is 5.69 Å². The van der Waals surface area contributed by atoms with Crippen LogP contribution in [0.1, 0.15) is 42.5 Å². The Labute approximate surface area is 176 Å². The molecule has 2 N–H and O–H groups in total. The lowest BCUT2D eigenvalue weighted by Gasteiger charge is -2.40. The predicted octanol–water partition coefficient (Wildman–Crippen LogP) is 2.55. The lowest BCUT2D eigenvalue weighted by atomic mass is 9.73. The third-order valence-electron chi connectivity index (χ3n) is 7.07. The van der Waals surface area contributed by atoms with E-state index in [1.54, 1.807) is 0 Å². The first-order chi connectivity index (χ1) is 14.6. The number of aliphatic hydroxyl groups is 1. The van der Waals surface area contributed by atoms with E-state index in [0.29, 0.717) is 12.5 Å². The number of hydrogen-bond donors (Lipinski definition) is 2. The maximum Gasteiger partial charge on any atom is 0.255 e. The Morgan fingerprint density at radius 2 is 2.03 bits per heavy atom. The van der Waals surface area contributed by atoms with Gasteiger partial charge in [0.1, 0.15) is 0 Å². The van der Waals surface area contributed by atoms with E-state index >= 15 is 0 Å². The van der Waals surface area contributed by atoms with Gasteiger partial charge >= 0.3 is 0 Å². The number of H-pyrrole nitrogens is 1. The fourth-order valence-electron chi connectivity index (χ4n) is 5.57. The quantitative estimate of drug-likeness (QED) is 0.768. The van der Waals surface area contributed by atoms with Crippen LogP contribution < -0.4 is 15.4 Å². The smallest absolute Gasteiger partial charge is 0.255 e. The summed E-state index contributed by atoms with van der Waals surface area (Å²) in [5.74, 6) is 0.694. The molecule has 1 fully saturated rings. The minimum atomic E-state index is -0.0867. The van der Waals surface area contributed by atoms with Crippen molar-refractivity contribution in [3.63, 3.8) is 0 Å². The van der Waals surface area contributed by atoms with E-state index in [2.05, 4.69) is 25.7 Å². The monoisotopic (exact) mass is 405 g/mol. The lowest BCUT2D eigenvalue weighted by Crippen LogP contribution is -2.46. The maximum atomic E-state index is 12.6. The second-order valence-corrected chi connectivity index (χ2v) is 8.72. The summed E-state index contributed by atoms with van der Waals surface area (Å²) in [7, 11) is 0. The van der Waals surface area contributed by atoms with E-state index < -0.39 is 0 Å². The van der Waals surface area contributed by atoms with Crippen molar-refractivity contribution in [1.82, 2.24) is 9.97 Å². The number of benzene rings is 1. The van der Waals surface area contributed by atoms with Crippen molar-refractivity contribution in [2.75, 3.05) is 42.6 Å². The van der Waals surface area contributed by atoms with E-state index in [9.17, 15) is 9.90 Å². The first-order valence-electron chi connectivity index (χ1n) is 10.9. The zero-order chi connectivity index (χ0) is 20.7. The summed E-state index contributed by atoms with van der Waals surface area (Å²) < 4.78 is 0. The second kappa shape index (κ2) is 7.44. The number of aromatic amines is 1. The van der Waals surface area contributed by atoms with Crippen molar-refractivity contribution in [2.24, 2.45) is 0 Å². The molecule has 0 saturated carbocycles. The van der Waals surface area contributed by atoms with Crippen LogP contribution in [0.2, 0.25) is 0 Å². The second-order valence-electron chi connectivity index (χ2n) is 8.72. The lowest BCUT2D eigenvalue weighted by molar-refractivity contribution is 0.294. The van der Waals surface area contributed by atoms with E-state index in [1.807, 2.05) is 12.1 Å². The number of β-amino-alcohol motifs (C(OH)–C–C–N with tert-alkyl or cyclic N) is 1. The molecule has 1 spiro atoms. The largest absolute Gasteiger partial charge is 0.395 e. The summed E-state index contributed by atoms with van der Waals surface area (Å²) in [5, 5.41) is 9.53. The highest BCUT2D eigenvalue weighted by molar-refractivity contribution is 5.74. The molecule has 0 radical (unpaired) electrons. The van der Waals surface area contributed by atoms with Crippen LogP contribution >= 0.6 is 0 Å². The summed E-state index contributed by atoms with van der Waals surface area (Å²) in [4.78, 5) is 28.6. The highest BCUT2D eigenvalue weighted by Gasteiger charge is 2.46. The summed E-state index contributed by atoms with van der Waals surface area (Å²) in [5.41, 5.74) is 4.72. The molecule has 7 nitrogen and oxygen atoms in total. The van der Waals surface area contributed by atoms with Gasteiger partial charge in [0.2, 0.25) is 5.95 Å². The first-order valence-corrected chi connectivity index (χ1v) is 10.9. The van der Waals surface area contributed by atoms with Gasteiger partial charge in [0.05, 0.1) is 18.9 Å². The molecule has 0 amide bonds. The molecule has 0 unspecified atom stereocenters. The van der Waals surface area contributed by atoms with Gasteiger partial charge in [0.25, 0.3) is 5.56 Å². The number of fused-ring (bicyclic) bond motifs is 3. The van der Waals surface area contributed by atoms with Crippen LogP contribution in [0.3, 0.4) is 0 Å². The number of anilines is 2. The van der Waals surface area contributed by atoms with Crippen molar-refractivity contribution < 1.29 is 5.11 Å². The third kappa shape index (κ3) is 2.98. The number of aryl methyl sites for hydroxylation is 1. The molecule has 3 aliphatic rings. The Bertz CT molecular complexity index is 1060. The molecule has 1 aliphatic carbocycles. The Morgan fingerprint density at radius 1 is 1.23 bits per heavy atom. The SMILES string of the molecule is [C-]#[N+]c1cccc2c1C1(CCN(c3nc4c(c(=O)[nH]3)CCCC4)CC1)CN2CCO. The fraction of sp³-hybridized carbons (Fsp3) is 0.522. The molecule has 2 aromatic rings. The van der Waals surface area contributed by atoms with E-state index in [-0.39, 0.29) is 17.6 Å². The third-order valence-corrected chi connectivity index (χ3v) is 7.07. The van der Waals surface area contributed by atoms with Gasteiger partial charge < -0.3 is 14.9 Å². The van der Waals surface area contributed by atoms with Crippen LogP contribution in [0.25, 0.3) is 4.85 Å². The highest BCUT2D eigenvalue weighted by atomic mass is 16.3. The number of aliphatic hydroxyl groups excluding tert-OH is 1. The van der Waals surface area contributed by atoms with E-state index in [0.717, 1.165) is 86.4 Å². The topological polar surface area (TPSA) is 76.8 Å². The summed E-state index contributed by atoms with van der Waals surface area (Å²) in [6.45, 7) is 10.8. The standard InChI is InChI=1S/C23H27N5O2/c1-24-18-7-4-8-19-20(18)23(15-28(19)13-14-29)9-11-27(12-10-23)22-25-17-6-3-2-5-16(17)21(30)26-22/h4,7-8,29H,2-3,5-6,9-15H2,(H,25,26,30). The molecule has 5 rings (SSSR count). The number of hydrogen-bond acceptors (Lipinski definition) is 5. The minimum Gasteiger partial charge on any atom is -0.395 e. The molecule has 1 aromatic carbocycles. The number of rotatable bonds is 3. The molecular formula is C23H27N5O2. The van der Waals surface area contributed by atoms with Gasteiger partial charge in [-0.1, -0.05) is 12.1 Å². The van der Waals surface area contributed by atoms with Crippen molar-refractivity contribution in [1.29, 1.82) is 0 Å². The van der Waals surface area contributed by atoms with Crippen LogP contribution in [-0.2, 0) is 18.3 Å². The van der Waals surface area contributed by atoms with Gasteiger partial charge in [-0.3, -0.25) is 9.78 Å². The van der Waals surface area contributed by atoms with Crippen LogP contribution in [0, 0.1) is 6.57 Å². The molecule has 3 heterocycles. The van der Waals surface area contributed by atoms with Crippen molar-refractivity contribution in [2.45, 2.75) is 43.9 Å². The number of aromatic nitrogens is 2. The van der Waals surface area contributed by atoms with Crippen molar-refractivity contribution in [3.8, 4) is 0 Å². The normalized spacial score (nSPS) is 19.5. The van der Waals surface area contributed by atoms with Crippen LogP contribution in [0.4, 0.5) is 17.3 Å². The van der Waals surface area contributed by atoms with Gasteiger partial charge in [-0.15, -0.1) is 0 Å². The predicted molar refractivity (Wildman–Crippen MR) is 117 cm³/mol. The van der Waals surface area contributed by atoms with Gasteiger partial charge in [-0.25, -0.2) is 9.83 Å². The Kier molecular flexibility index (Phi) is 4.75. The van der Waals surface area contributed by atoms with Crippen LogP contribution in [0.5, 0.6) is 0 Å². The molecule has 2 aliphatic heterocycles. The van der Waals surface area contributed by atoms with Gasteiger partial charge in [-0.05, 0) is 50.2 Å². The average molecular weight is 406 g/mol. The summed E-state index contributed by atoms with van der Waals surface area (Å²) in [6.07, 6.45) is 5.68. The Balaban J connectivity index is 1.43. The fourth-order valence-corrected chi connectivity index (χ4v) is 5.57. The minimum absolute atomic E-state index is 0.0191. The average Bonchev–Trinajstić information content (AvgIpc) is 3.08. The van der Waals surface area contributed by atoms with Crippen molar-refractivity contribution in [3.05, 3.63) is 56.8 Å². The number of piperidine rings is 1. The number of nitrogens with zero attached hydrogens (tertiary/aromatic N) is 4. The molecule has 1 saturated heterocycles. The first kappa shape index (κ1) is 19.1. The zero-order valence-corrected chi connectivity index (χ0v) is 17.2. The molecule has 0 atom stereocenters. The van der Waals surface area contributed by atoms with Crippen LogP contribution in [0.15, 0.2) is 23.0 Å². The molecule has 156 valence electrons. The highest BCUT2D eigenvalue weighted by Crippen LogP contribution is 2.51. The van der Waals surface area contributed by atoms with E-state index in [1.165, 1.54) is 0 Å².